The number of nitrogens with zero attached hydrogens (tertiary/aromatic N) is 7. The zero-order valence-corrected chi connectivity index (χ0v) is 20.4. The van der Waals surface area contributed by atoms with Crippen molar-refractivity contribution in [2.45, 2.75) is 46.2 Å². The fraction of sp³-hybridized carbons (Fsp3) is 0.318. The van der Waals surface area contributed by atoms with Crippen molar-refractivity contribution in [2.75, 3.05) is 4.90 Å². The zero-order chi connectivity index (χ0) is 22.6. The molecule has 0 saturated heterocycles. The third-order valence-corrected chi connectivity index (χ3v) is 7.09. The lowest BCUT2D eigenvalue weighted by molar-refractivity contribution is 0.496. The van der Waals surface area contributed by atoms with Gasteiger partial charge in [0.05, 0.1) is 17.9 Å². The maximum atomic E-state index is 13.5. The molecule has 1 unspecified atom stereocenters. The Morgan fingerprint density at radius 3 is 2.59 bits per heavy atom. The second-order valence-corrected chi connectivity index (χ2v) is 10.2. The lowest BCUT2D eigenvalue weighted by Gasteiger charge is -2.39. The first-order valence-corrected chi connectivity index (χ1v) is 12.0. The number of aryl methyl sites for hydroxylation is 1. The maximum Gasteiger partial charge on any atom is 0.174 e. The molecule has 0 N–H and O–H groups in total. The fourth-order valence-electron chi connectivity index (χ4n) is 4.22. The summed E-state index contributed by atoms with van der Waals surface area (Å²) in [5, 5.41) is 8.78. The van der Waals surface area contributed by atoms with Crippen LogP contribution in [0.15, 0.2) is 34.4 Å². The molecule has 164 valence electrons. The van der Waals surface area contributed by atoms with E-state index in [1.54, 1.807) is 12.1 Å². The molecular weight excluding hydrogens is 493 g/mol. The van der Waals surface area contributed by atoms with Gasteiger partial charge in [0.15, 0.2) is 21.4 Å². The number of rotatable bonds is 4. The third kappa shape index (κ3) is 3.32. The van der Waals surface area contributed by atoms with Crippen molar-refractivity contribution in [3.05, 3.63) is 51.8 Å². The van der Waals surface area contributed by atoms with Crippen LogP contribution in [0.2, 0.25) is 0 Å². The van der Waals surface area contributed by atoms with Gasteiger partial charge in [0.1, 0.15) is 22.2 Å². The summed E-state index contributed by atoms with van der Waals surface area (Å²) in [5.74, 6) is 2.87. The summed E-state index contributed by atoms with van der Waals surface area (Å²) in [5.41, 5.74) is 2.41. The molecule has 1 aliphatic rings. The number of aromatic nitrogens is 6. The smallest absolute Gasteiger partial charge is 0.174 e. The molecule has 0 amide bonds. The maximum absolute atomic E-state index is 13.5. The Kier molecular flexibility index (Phi) is 5.29. The Bertz CT molecular complexity index is 1300. The highest BCUT2D eigenvalue weighted by atomic mass is 79.9. The topological polar surface area (TPSA) is 72.6 Å². The molecule has 1 aromatic carbocycles. The van der Waals surface area contributed by atoms with Gasteiger partial charge in [0.25, 0.3) is 0 Å². The lowest BCUT2D eigenvalue weighted by Crippen LogP contribution is -2.40. The quantitative estimate of drug-likeness (QED) is 0.346. The van der Waals surface area contributed by atoms with Gasteiger partial charge in [-0.2, -0.15) is 0 Å². The van der Waals surface area contributed by atoms with Crippen molar-refractivity contribution >= 4 is 33.1 Å². The summed E-state index contributed by atoms with van der Waals surface area (Å²) in [6, 6.07) is 6.58. The third-order valence-electron chi connectivity index (χ3n) is 5.58. The van der Waals surface area contributed by atoms with Crippen LogP contribution < -0.4 is 4.90 Å². The molecule has 4 heterocycles. The zero-order valence-electron chi connectivity index (χ0n) is 18.0. The molecule has 0 aliphatic carbocycles. The van der Waals surface area contributed by atoms with Crippen molar-refractivity contribution in [2.24, 2.45) is 0 Å². The van der Waals surface area contributed by atoms with E-state index in [4.69, 9.17) is 9.97 Å². The highest BCUT2D eigenvalue weighted by molar-refractivity contribution is 9.11. The van der Waals surface area contributed by atoms with Gasteiger partial charge in [-0.25, -0.2) is 19.3 Å². The van der Waals surface area contributed by atoms with Crippen LogP contribution >= 0.6 is 27.3 Å². The SMILES string of the molecule is CCC1c2nnc(C)n2-c2cnc(-c3sc(Br)nc3-c3ccc(F)cc3)nc2N1C(C)C. The van der Waals surface area contributed by atoms with Crippen LogP contribution in [0.5, 0.6) is 0 Å². The summed E-state index contributed by atoms with van der Waals surface area (Å²) in [7, 11) is 0. The Hall–Kier alpha value is -2.72. The molecule has 0 fully saturated rings. The highest BCUT2D eigenvalue weighted by Crippen LogP contribution is 2.43. The van der Waals surface area contributed by atoms with Crippen LogP contribution in [-0.2, 0) is 0 Å². The van der Waals surface area contributed by atoms with Crippen molar-refractivity contribution in [3.8, 4) is 27.6 Å². The number of fused-ring (bicyclic) bond motifs is 3. The van der Waals surface area contributed by atoms with E-state index >= 15 is 0 Å². The summed E-state index contributed by atoms with van der Waals surface area (Å²) in [6.07, 6.45) is 2.71. The van der Waals surface area contributed by atoms with Gasteiger partial charge in [-0.3, -0.25) is 4.57 Å². The molecule has 5 rings (SSSR count). The predicted octanol–water partition coefficient (Wildman–Crippen LogP) is 5.74. The Labute approximate surface area is 197 Å². The average molecular weight is 514 g/mol. The molecule has 4 aromatic rings. The standard InChI is InChI=1S/C22H21BrFN7S/c1-5-15-21-29-28-12(4)31(21)16-10-25-19(27-20(16)30(15)11(2)3)18-17(26-22(23)32-18)13-6-8-14(24)9-7-13/h6-11,15H,5H2,1-4H3. The van der Waals surface area contributed by atoms with Crippen molar-refractivity contribution < 1.29 is 4.39 Å². The van der Waals surface area contributed by atoms with Gasteiger partial charge in [-0.1, -0.05) is 6.92 Å². The van der Waals surface area contributed by atoms with Gasteiger partial charge < -0.3 is 4.90 Å². The van der Waals surface area contributed by atoms with Crippen LogP contribution in [0.25, 0.3) is 27.6 Å². The number of benzene rings is 1. The minimum absolute atomic E-state index is 0.0659. The number of hydrogen-bond donors (Lipinski definition) is 0. The van der Waals surface area contributed by atoms with E-state index in [0.717, 1.165) is 49.6 Å². The van der Waals surface area contributed by atoms with Crippen LogP contribution in [0.1, 0.15) is 44.9 Å². The first kappa shape index (κ1) is 21.1. The van der Waals surface area contributed by atoms with Gasteiger partial charge in [0, 0.05) is 11.6 Å². The summed E-state index contributed by atoms with van der Waals surface area (Å²) in [4.78, 5) is 17.5. The van der Waals surface area contributed by atoms with Crippen molar-refractivity contribution in [1.82, 2.24) is 29.7 Å². The molecule has 1 atom stereocenters. The molecule has 10 heteroatoms. The minimum atomic E-state index is -0.284. The molecule has 7 nitrogen and oxygen atoms in total. The van der Waals surface area contributed by atoms with Gasteiger partial charge >= 0.3 is 0 Å². The second-order valence-electron chi connectivity index (χ2n) is 7.92. The minimum Gasteiger partial charge on any atom is -0.342 e. The van der Waals surface area contributed by atoms with Crippen molar-refractivity contribution in [1.29, 1.82) is 0 Å². The number of thiazole rings is 1. The Morgan fingerprint density at radius 1 is 1.16 bits per heavy atom. The molecule has 0 saturated carbocycles. The first-order valence-electron chi connectivity index (χ1n) is 10.4. The van der Waals surface area contributed by atoms with Crippen LogP contribution in [0.3, 0.4) is 0 Å². The molecule has 3 aromatic heterocycles. The Morgan fingerprint density at radius 2 is 1.91 bits per heavy atom. The van der Waals surface area contributed by atoms with E-state index < -0.39 is 0 Å². The first-order chi connectivity index (χ1) is 15.4. The lowest BCUT2D eigenvalue weighted by atomic mass is 10.1. The van der Waals surface area contributed by atoms with Gasteiger partial charge in [0.2, 0.25) is 0 Å². The number of hydrogen-bond acceptors (Lipinski definition) is 7. The van der Waals surface area contributed by atoms with E-state index in [9.17, 15) is 4.39 Å². The Balaban J connectivity index is 1.70. The van der Waals surface area contributed by atoms with Crippen LogP contribution in [-0.4, -0.2) is 35.8 Å². The van der Waals surface area contributed by atoms with Crippen LogP contribution in [0, 0.1) is 12.7 Å². The monoisotopic (exact) mass is 513 g/mol. The molecular formula is C22H21BrFN7S. The van der Waals surface area contributed by atoms with E-state index in [1.165, 1.54) is 23.5 Å². The molecule has 0 bridgehead atoms. The molecule has 0 radical (unpaired) electrons. The van der Waals surface area contributed by atoms with Crippen molar-refractivity contribution in [3.63, 3.8) is 0 Å². The van der Waals surface area contributed by atoms with E-state index in [-0.39, 0.29) is 17.9 Å². The summed E-state index contributed by atoms with van der Waals surface area (Å²) in [6.45, 7) is 8.40. The largest absolute Gasteiger partial charge is 0.342 e. The van der Waals surface area contributed by atoms with Crippen LogP contribution in [0.4, 0.5) is 10.2 Å². The molecule has 0 spiro atoms. The van der Waals surface area contributed by atoms with Gasteiger partial charge in [-0.15, -0.1) is 21.5 Å². The number of halogens is 2. The van der Waals surface area contributed by atoms with Gasteiger partial charge in [-0.05, 0) is 67.4 Å². The second kappa shape index (κ2) is 8.00. The van der Waals surface area contributed by atoms with E-state index in [2.05, 4.69) is 61.3 Å². The van der Waals surface area contributed by atoms with E-state index in [0.29, 0.717) is 5.82 Å². The summed E-state index contributed by atoms with van der Waals surface area (Å²) >= 11 is 4.96. The normalized spacial score (nSPS) is 15.2. The fourth-order valence-corrected chi connectivity index (χ4v) is 5.64. The summed E-state index contributed by atoms with van der Waals surface area (Å²) < 4.78 is 16.2. The highest BCUT2D eigenvalue weighted by Gasteiger charge is 2.36. The number of anilines is 1. The molecule has 1 aliphatic heterocycles. The average Bonchev–Trinajstić information content (AvgIpc) is 3.35. The predicted molar refractivity (Wildman–Crippen MR) is 127 cm³/mol. The van der Waals surface area contributed by atoms with E-state index in [1.807, 2.05) is 13.1 Å². The molecule has 32 heavy (non-hydrogen) atoms.